The number of fused-ring (bicyclic) bond motifs is 1. The smallest absolute Gasteiger partial charge is 0.324 e. The van der Waals surface area contributed by atoms with Crippen molar-refractivity contribution in [2.75, 3.05) is 13.1 Å². The van der Waals surface area contributed by atoms with E-state index in [0.29, 0.717) is 24.1 Å². The fourth-order valence-corrected chi connectivity index (χ4v) is 3.48. The van der Waals surface area contributed by atoms with Gasteiger partial charge >= 0.3 is 12.1 Å². The van der Waals surface area contributed by atoms with Crippen LogP contribution in [0.2, 0.25) is 0 Å². The van der Waals surface area contributed by atoms with E-state index in [-0.39, 0.29) is 6.42 Å². The van der Waals surface area contributed by atoms with E-state index in [4.69, 9.17) is 0 Å². The van der Waals surface area contributed by atoms with Crippen LogP contribution in [0.5, 0.6) is 0 Å². The first kappa shape index (κ1) is 19.6. The summed E-state index contributed by atoms with van der Waals surface area (Å²) in [5.74, 6) is -0.562. The predicted molar refractivity (Wildman–Crippen MR) is 110 cm³/mol. The third-order valence-electron chi connectivity index (χ3n) is 5.06. The molecule has 0 aliphatic carbocycles. The molecule has 0 bridgehead atoms. The fourth-order valence-electron chi connectivity index (χ4n) is 3.48. The summed E-state index contributed by atoms with van der Waals surface area (Å²) in [6.45, 7) is 1.25. The number of aromatic nitrogens is 3. The number of nitrogens with one attached hydrogen (secondary N) is 2. The summed E-state index contributed by atoms with van der Waals surface area (Å²) in [5, 5.41) is 13.0. The minimum atomic E-state index is -0.950. The van der Waals surface area contributed by atoms with Crippen molar-refractivity contribution in [1.29, 1.82) is 0 Å². The summed E-state index contributed by atoms with van der Waals surface area (Å²) in [6, 6.07) is 14.4. The van der Waals surface area contributed by atoms with Crippen molar-refractivity contribution < 1.29 is 14.4 Å². The topological polar surface area (TPSA) is 109 Å². The zero-order valence-corrected chi connectivity index (χ0v) is 16.3. The van der Waals surface area contributed by atoms with Crippen LogP contribution in [-0.2, 0) is 11.2 Å². The molecule has 2 aromatic carbocycles. The Balaban J connectivity index is 1.52. The van der Waals surface area contributed by atoms with Gasteiger partial charge in [0.25, 0.3) is 5.91 Å². The molecular weight excluding hydrogens is 384 g/mol. The summed E-state index contributed by atoms with van der Waals surface area (Å²) in [5.41, 5.74) is 1.96. The third-order valence-corrected chi connectivity index (χ3v) is 5.06. The molecule has 3 aromatic rings. The summed E-state index contributed by atoms with van der Waals surface area (Å²) in [7, 11) is 0. The van der Waals surface area contributed by atoms with E-state index in [0.717, 1.165) is 23.1 Å². The van der Waals surface area contributed by atoms with Crippen molar-refractivity contribution in [2.45, 2.75) is 25.3 Å². The van der Waals surface area contributed by atoms with Crippen molar-refractivity contribution in [3.63, 3.8) is 0 Å². The second-order valence-electron chi connectivity index (χ2n) is 7.17. The van der Waals surface area contributed by atoms with E-state index >= 15 is 0 Å². The quantitative estimate of drug-likeness (QED) is 0.688. The molecule has 0 spiro atoms. The molecule has 9 nitrogen and oxygen atoms in total. The SMILES string of the molecule is O=C(NC(=O)N1CCCC1)[C@H](Cc1ccccc1)NC(=O)n1nnc2ccccc21. The maximum absolute atomic E-state index is 12.9. The van der Waals surface area contributed by atoms with Crippen molar-refractivity contribution in [3.05, 3.63) is 60.2 Å². The zero-order chi connectivity index (χ0) is 20.9. The normalized spacial score (nSPS) is 14.5. The van der Waals surface area contributed by atoms with Crippen LogP contribution in [0.15, 0.2) is 54.6 Å². The van der Waals surface area contributed by atoms with Crippen molar-refractivity contribution in [3.8, 4) is 0 Å². The molecule has 9 heteroatoms. The van der Waals surface area contributed by atoms with Gasteiger partial charge < -0.3 is 10.2 Å². The lowest BCUT2D eigenvalue weighted by Crippen LogP contribution is -2.53. The first-order valence-electron chi connectivity index (χ1n) is 9.87. The molecule has 0 saturated carbocycles. The van der Waals surface area contributed by atoms with Crippen LogP contribution in [-0.4, -0.2) is 57.0 Å². The Morgan fingerprint density at radius 1 is 0.933 bits per heavy atom. The number of rotatable bonds is 4. The number of amides is 4. The molecular formula is C21H22N6O3. The molecule has 154 valence electrons. The molecule has 1 aliphatic heterocycles. The van der Waals surface area contributed by atoms with Crippen LogP contribution in [0.25, 0.3) is 11.0 Å². The highest BCUT2D eigenvalue weighted by atomic mass is 16.2. The number of carbonyl (C=O) groups is 3. The third kappa shape index (κ3) is 4.29. The molecule has 1 aliphatic rings. The van der Waals surface area contributed by atoms with Crippen LogP contribution in [0.4, 0.5) is 9.59 Å². The average molecular weight is 406 g/mol. The van der Waals surface area contributed by atoms with Gasteiger partial charge in [0.1, 0.15) is 11.6 Å². The number of urea groups is 1. The van der Waals surface area contributed by atoms with E-state index < -0.39 is 24.0 Å². The van der Waals surface area contributed by atoms with Gasteiger partial charge in [-0.25, -0.2) is 9.59 Å². The highest BCUT2D eigenvalue weighted by molar-refractivity contribution is 5.99. The van der Waals surface area contributed by atoms with Crippen molar-refractivity contribution in [2.24, 2.45) is 0 Å². The highest BCUT2D eigenvalue weighted by Crippen LogP contribution is 2.11. The minimum absolute atomic E-state index is 0.234. The molecule has 4 rings (SSSR count). The first-order valence-corrected chi connectivity index (χ1v) is 9.87. The van der Waals surface area contributed by atoms with E-state index in [1.807, 2.05) is 30.3 Å². The van der Waals surface area contributed by atoms with Crippen LogP contribution in [0, 0.1) is 0 Å². The van der Waals surface area contributed by atoms with Crippen LogP contribution >= 0.6 is 0 Å². The molecule has 1 saturated heterocycles. The van der Waals surface area contributed by atoms with Gasteiger partial charge in [-0.2, -0.15) is 4.68 Å². The molecule has 30 heavy (non-hydrogen) atoms. The molecule has 1 fully saturated rings. The van der Waals surface area contributed by atoms with Crippen molar-refractivity contribution in [1.82, 2.24) is 30.5 Å². The number of hydrogen-bond donors (Lipinski definition) is 2. The van der Waals surface area contributed by atoms with E-state index in [1.165, 1.54) is 0 Å². The molecule has 1 atom stereocenters. The van der Waals surface area contributed by atoms with Gasteiger partial charge in [0.15, 0.2) is 0 Å². The maximum atomic E-state index is 12.9. The number of nitrogens with zero attached hydrogens (tertiary/aromatic N) is 4. The van der Waals surface area contributed by atoms with Gasteiger partial charge in [-0.05, 0) is 30.5 Å². The summed E-state index contributed by atoms with van der Waals surface area (Å²) in [4.78, 5) is 39.7. The molecule has 0 radical (unpaired) electrons. The first-order chi connectivity index (χ1) is 14.6. The Kier molecular flexibility index (Phi) is 5.69. The monoisotopic (exact) mass is 406 g/mol. The second-order valence-corrected chi connectivity index (χ2v) is 7.17. The standard InChI is InChI=1S/C21H22N6O3/c28-19(23-20(29)26-12-6-7-13-26)17(14-15-8-2-1-3-9-15)22-21(30)27-18-11-5-4-10-16(18)24-25-27/h1-5,8-11,17H,6-7,12-14H2,(H,22,30)(H,23,28,29)/t17-/m0/s1. The number of imide groups is 1. The molecule has 2 N–H and O–H groups in total. The Morgan fingerprint density at radius 2 is 1.63 bits per heavy atom. The zero-order valence-electron chi connectivity index (χ0n) is 16.3. The number of para-hydroxylation sites is 1. The van der Waals surface area contributed by atoms with Gasteiger partial charge in [0.05, 0.1) is 5.52 Å². The summed E-state index contributed by atoms with van der Waals surface area (Å²) < 4.78 is 1.11. The minimum Gasteiger partial charge on any atom is -0.324 e. The molecule has 2 heterocycles. The largest absolute Gasteiger partial charge is 0.344 e. The van der Waals surface area contributed by atoms with Gasteiger partial charge in [-0.3, -0.25) is 10.1 Å². The Bertz CT molecular complexity index is 1060. The van der Waals surface area contributed by atoms with Crippen molar-refractivity contribution >= 4 is 29.0 Å². The fraction of sp³-hybridized carbons (Fsp3) is 0.286. The van der Waals surface area contributed by atoms with Crippen LogP contribution < -0.4 is 10.6 Å². The molecule has 4 amide bonds. The van der Waals surface area contributed by atoms with Crippen LogP contribution in [0.1, 0.15) is 18.4 Å². The number of hydrogen-bond acceptors (Lipinski definition) is 5. The Labute approximate surface area is 173 Å². The van der Waals surface area contributed by atoms with Gasteiger partial charge in [0.2, 0.25) is 0 Å². The second kappa shape index (κ2) is 8.73. The van der Waals surface area contributed by atoms with Gasteiger partial charge in [0, 0.05) is 19.5 Å². The molecule has 1 aromatic heterocycles. The lowest BCUT2D eigenvalue weighted by molar-refractivity contribution is -0.122. The van der Waals surface area contributed by atoms with E-state index in [9.17, 15) is 14.4 Å². The van der Waals surface area contributed by atoms with Crippen LogP contribution in [0.3, 0.4) is 0 Å². The Morgan fingerprint density at radius 3 is 2.40 bits per heavy atom. The average Bonchev–Trinajstić information content (AvgIpc) is 3.44. The van der Waals surface area contributed by atoms with E-state index in [2.05, 4.69) is 20.9 Å². The molecule has 0 unspecified atom stereocenters. The van der Waals surface area contributed by atoms with E-state index in [1.54, 1.807) is 29.2 Å². The lowest BCUT2D eigenvalue weighted by atomic mass is 10.1. The summed E-state index contributed by atoms with van der Waals surface area (Å²) >= 11 is 0. The number of likely N-dealkylation sites (tertiary alicyclic amines) is 1. The van der Waals surface area contributed by atoms with Gasteiger partial charge in [-0.15, -0.1) is 5.10 Å². The number of carbonyl (C=O) groups excluding carboxylic acids is 3. The predicted octanol–water partition coefficient (Wildman–Crippen LogP) is 1.93. The Hall–Kier alpha value is -3.75. The maximum Gasteiger partial charge on any atom is 0.344 e. The lowest BCUT2D eigenvalue weighted by Gasteiger charge is -2.21. The highest BCUT2D eigenvalue weighted by Gasteiger charge is 2.27. The van der Waals surface area contributed by atoms with Gasteiger partial charge in [-0.1, -0.05) is 47.7 Å². The summed E-state index contributed by atoms with van der Waals surface area (Å²) in [6.07, 6.45) is 2.08. The number of benzene rings is 2.